The molecule has 0 radical (unpaired) electrons. The van der Waals surface area contributed by atoms with Crippen molar-refractivity contribution in [3.05, 3.63) is 42.5 Å². The highest BCUT2D eigenvalue weighted by molar-refractivity contribution is 5.20. The van der Waals surface area contributed by atoms with Gasteiger partial charge in [0.1, 0.15) is 17.9 Å². The van der Waals surface area contributed by atoms with Crippen LogP contribution in [0.4, 0.5) is 0 Å². The standard InChI is InChI=1S/C14H20N4O/c1-2-18-12-16-17-14(18)11-15-9-6-10-19-13-7-4-3-5-8-13/h3-5,7-8,12,15H,2,6,9-11H2,1H3. The lowest BCUT2D eigenvalue weighted by atomic mass is 10.3. The Labute approximate surface area is 113 Å². The number of hydrogen-bond donors (Lipinski definition) is 1. The molecular formula is C14H20N4O. The Morgan fingerprint density at radius 2 is 2.11 bits per heavy atom. The maximum atomic E-state index is 5.61. The number of nitrogens with one attached hydrogen (secondary N) is 1. The molecule has 2 aromatic rings. The number of aryl methyl sites for hydroxylation is 1. The minimum atomic E-state index is 0.720. The van der Waals surface area contributed by atoms with Crippen LogP contribution in [-0.4, -0.2) is 27.9 Å². The highest BCUT2D eigenvalue weighted by Crippen LogP contribution is 2.08. The Kier molecular flexibility index (Phi) is 5.37. The first-order valence-electron chi connectivity index (χ1n) is 6.65. The van der Waals surface area contributed by atoms with Gasteiger partial charge >= 0.3 is 0 Å². The van der Waals surface area contributed by atoms with Crippen molar-refractivity contribution in [3.63, 3.8) is 0 Å². The van der Waals surface area contributed by atoms with E-state index in [9.17, 15) is 0 Å². The summed E-state index contributed by atoms with van der Waals surface area (Å²) in [6.07, 6.45) is 2.73. The summed E-state index contributed by atoms with van der Waals surface area (Å²) in [7, 11) is 0. The van der Waals surface area contributed by atoms with Crippen molar-refractivity contribution in [2.75, 3.05) is 13.2 Å². The summed E-state index contributed by atoms with van der Waals surface area (Å²) in [5.41, 5.74) is 0. The minimum absolute atomic E-state index is 0.720. The number of aromatic nitrogens is 3. The molecule has 1 aromatic heterocycles. The summed E-state index contributed by atoms with van der Waals surface area (Å²) in [6.45, 7) is 5.36. The van der Waals surface area contributed by atoms with Gasteiger partial charge < -0.3 is 14.6 Å². The first-order chi connectivity index (χ1) is 9.40. The quantitative estimate of drug-likeness (QED) is 0.736. The van der Waals surface area contributed by atoms with E-state index in [2.05, 4.69) is 22.4 Å². The zero-order valence-corrected chi connectivity index (χ0v) is 11.2. The van der Waals surface area contributed by atoms with Crippen molar-refractivity contribution < 1.29 is 4.74 Å². The van der Waals surface area contributed by atoms with Crippen molar-refractivity contribution >= 4 is 0 Å². The lowest BCUT2D eigenvalue weighted by Crippen LogP contribution is -2.19. The van der Waals surface area contributed by atoms with Crippen LogP contribution in [0.15, 0.2) is 36.7 Å². The fourth-order valence-corrected chi connectivity index (χ4v) is 1.78. The highest BCUT2D eigenvalue weighted by atomic mass is 16.5. The fourth-order valence-electron chi connectivity index (χ4n) is 1.78. The van der Waals surface area contributed by atoms with Gasteiger partial charge in [0.15, 0.2) is 0 Å². The van der Waals surface area contributed by atoms with E-state index in [1.54, 1.807) is 6.33 Å². The molecule has 0 spiro atoms. The highest BCUT2D eigenvalue weighted by Gasteiger charge is 2.01. The topological polar surface area (TPSA) is 52.0 Å². The van der Waals surface area contributed by atoms with E-state index in [0.29, 0.717) is 0 Å². The number of benzene rings is 1. The molecule has 0 saturated heterocycles. The van der Waals surface area contributed by atoms with Gasteiger partial charge in [0.05, 0.1) is 13.2 Å². The van der Waals surface area contributed by atoms with Gasteiger partial charge in [-0.1, -0.05) is 18.2 Å². The Hall–Kier alpha value is -1.88. The molecule has 1 heterocycles. The molecule has 0 aliphatic rings. The predicted octanol–water partition coefficient (Wildman–Crippen LogP) is 1.86. The molecule has 0 amide bonds. The van der Waals surface area contributed by atoms with Crippen LogP contribution in [0.3, 0.4) is 0 Å². The van der Waals surface area contributed by atoms with E-state index >= 15 is 0 Å². The third-order valence-electron chi connectivity index (χ3n) is 2.83. The van der Waals surface area contributed by atoms with Gasteiger partial charge in [-0.05, 0) is 32.0 Å². The molecule has 1 aromatic carbocycles. The van der Waals surface area contributed by atoms with Crippen LogP contribution in [0, 0.1) is 0 Å². The molecule has 0 unspecified atom stereocenters. The maximum absolute atomic E-state index is 5.61. The van der Waals surface area contributed by atoms with Gasteiger partial charge in [-0.3, -0.25) is 0 Å². The molecule has 2 rings (SSSR count). The van der Waals surface area contributed by atoms with E-state index in [-0.39, 0.29) is 0 Å². The fraction of sp³-hybridized carbons (Fsp3) is 0.429. The van der Waals surface area contributed by atoms with Crippen molar-refractivity contribution in [3.8, 4) is 5.75 Å². The van der Waals surface area contributed by atoms with Crippen molar-refractivity contribution in [1.82, 2.24) is 20.1 Å². The first kappa shape index (κ1) is 13.5. The predicted molar refractivity (Wildman–Crippen MR) is 74.0 cm³/mol. The molecule has 0 aliphatic heterocycles. The van der Waals surface area contributed by atoms with Crippen LogP contribution in [0.2, 0.25) is 0 Å². The average Bonchev–Trinajstić information content (AvgIpc) is 2.91. The Morgan fingerprint density at radius 1 is 1.26 bits per heavy atom. The second kappa shape index (κ2) is 7.53. The third-order valence-corrected chi connectivity index (χ3v) is 2.83. The Bertz CT molecular complexity index is 469. The zero-order chi connectivity index (χ0) is 13.3. The molecule has 102 valence electrons. The molecule has 0 aliphatic carbocycles. The van der Waals surface area contributed by atoms with E-state index in [1.165, 1.54) is 0 Å². The van der Waals surface area contributed by atoms with Crippen LogP contribution in [0.1, 0.15) is 19.2 Å². The molecule has 0 bridgehead atoms. The van der Waals surface area contributed by atoms with Crippen LogP contribution in [-0.2, 0) is 13.1 Å². The lowest BCUT2D eigenvalue weighted by molar-refractivity contribution is 0.307. The van der Waals surface area contributed by atoms with Gasteiger partial charge in [-0.25, -0.2) is 0 Å². The second-order valence-corrected chi connectivity index (χ2v) is 4.23. The molecule has 1 N–H and O–H groups in total. The number of hydrogen-bond acceptors (Lipinski definition) is 4. The van der Waals surface area contributed by atoms with E-state index in [0.717, 1.165) is 44.2 Å². The number of ether oxygens (including phenoxy) is 1. The maximum Gasteiger partial charge on any atom is 0.146 e. The van der Waals surface area contributed by atoms with E-state index in [1.807, 2.05) is 34.9 Å². The van der Waals surface area contributed by atoms with Gasteiger partial charge in [-0.15, -0.1) is 10.2 Å². The molecule has 5 heteroatoms. The summed E-state index contributed by atoms with van der Waals surface area (Å²) in [5, 5.41) is 11.3. The zero-order valence-electron chi connectivity index (χ0n) is 11.2. The molecule has 0 fully saturated rings. The first-order valence-corrected chi connectivity index (χ1v) is 6.65. The minimum Gasteiger partial charge on any atom is -0.494 e. The van der Waals surface area contributed by atoms with Crippen LogP contribution in [0.25, 0.3) is 0 Å². The van der Waals surface area contributed by atoms with Gasteiger partial charge in [0.25, 0.3) is 0 Å². The number of nitrogens with zero attached hydrogens (tertiary/aromatic N) is 3. The van der Waals surface area contributed by atoms with Crippen LogP contribution < -0.4 is 10.1 Å². The smallest absolute Gasteiger partial charge is 0.146 e. The SMILES string of the molecule is CCn1cnnc1CNCCCOc1ccccc1. The summed E-state index contributed by atoms with van der Waals surface area (Å²) in [5.74, 6) is 1.90. The van der Waals surface area contributed by atoms with Crippen LogP contribution >= 0.6 is 0 Å². The van der Waals surface area contributed by atoms with Crippen molar-refractivity contribution in [2.45, 2.75) is 26.4 Å². The summed E-state index contributed by atoms with van der Waals surface area (Å²) in [4.78, 5) is 0. The van der Waals surface area contributed by atoms with E-state index in [4.69, 9.17) is 4.74 Å². The third kappa shape index (κ3) is 4.37. The Morgan fingerprint density at radius 3 is 2.89 bits per heavy atom. The Balaban J connectivity index is 1.58. The summed E-state index contributed by atoms with van der Waals surface area (Å²) in [6, 6.07) is 9.88. The normalized spacial score (nSPS) is 10.6. The van der Waals surface area contributed by atoms with E-state index < -0.39 is 0 Å². The molecular weight excluding hydrogens is 240 g/mol. The molecule has 0 atom stereocenters. The van der Waals surface area contributed by atoms with Crippen molar-refractivity contribution in [1.29, 1.82) is 0 Å². The molecule has 19 heavy (non-hydrogen) atoms. The molecule has 5 nitrogen and oxygen atoms in total. The lowest BCUT2D eigenvalue weighted by Gasteiger charge is -2.07. The van der Waals surface area contributed by atoms with Gasteiger partial charge in [-0.2, -0.15) is 0 Å². The summed E-state index contributed by atoms with van der Waals surface area (Å²) < 4.78 is 7.65. The monoisotopic (exact) mass is 260 g/mol. The van der Waals surface area contributed by atoms with Gasteiger partial charge in [0.2, 0.25) is 0 Å². The number of rotatable bonds is 8. The van der Waals surface area contributed by atoms with Crippen LogP contribution in [0.5, 0.6) is 5.75 Å². The summed E-state index contributed by atoms with van der Waals surface area (Å²) >= 11 is 0. The largest absolute Gasteiger partial charge is 0.494 e. The average molecular weight is 260 g/mol. The van der Waals surface area contributed by atoms with Gasteiger partial charge in [0, 0.05) is 6.54 Å². The van der Waals surface area contributed by atoms with Crippen molar-refractivity contribution in [2.24, 2.45) is 0 Å². The number of para-hydroxylation sites is 1. The second-order valence-electron chi connectivity index (χ2n) is 4.23. The molecule has 0 saturated carbocycles.